The number of phenols is 1. The van der Waals surface area contributed by atoms with Gasteiger partial charge in [0, 0.05) is 6.42 Å². The second-order valence-corrected chi connectivity index (χ2v) is 5.42. The molecule has 2 N–H and O–H groups in total. The van der Waals surface area contributed by atoms with Crippen molar-refractivity contribution in [2.24, 2.45) is 0 Å². The lowest BCUT2D eigenvalue weighted by Gasteiger charge is -2.19. The monoisotopic (exact) mass is 296 g/mol. The van der Waals surface area contributed by atoms with Gasteiger partial charge in [0.15, 0.2) is 5.58 Å². The van der Waals surface area contributed by atoms with Gasteiger partial charge in [-0.05, 0) is 41.5 Å². The maximum absolute atomic E-state index is 12.1. The number of benzene rings is 2. The minimum atomic E-state index is -0.502. The third-order valence-corrected chi connectivity index (χ3v) is 4.03. The van der Waals surface area contributed by atoms with Crippen LogP contribution in [0.1, 0.15) is 24.5 Å². The van der Waals surface area contributed by atoms with E-state index >= 15 is 0 Å². The van der Waals surface area contributed by atoms with Gasteiger partial charge in [0.2, 0.25) is 11.8 Å². The molecule has 0 spiro atoms. The number of imide groups is 1. The standard InChI is InChI=1S/C16H12N2O4/c19-9-2-3-10-8(7-9)1-5-12-14(10)15(18-22-12)11-4-6-13(20)17-16(11)21/h1-3,5,7,11,19H,4,6H2,(H,17,20,21)/t11-/m0/s1. The van der Waals surface area contributed by atoms with Crippen molar-refractivity contribution in [1.82, 2.24) is 10.5 Å². The van der Waals surface area contributed by atoms with Crippen molar-refractivity contribution in [3.05, 3.63) is 36.0 Å². The molecule has 0 bridgehead atoms. The number of fused-ring (bicyclic) bond motifs is 3. The van der Waals surface area contributed by atoms with E-state index in [-0.39, 0.29) is 24.0 Å². The molecule has 6 nitrogen and oxygen atoms in total. The number of phenolic OH excluding ortho intramolecular Hbond substituents is 1. The molecule has 110 valence electrons. The molecular formula is C16H12N2O4. The van der Waals surface area contributed by atoms with Gasteiger partial charge in [-0.3, -0.25) is 14.9 Å². The highest BCUT2D eigenvalue weighted by Crippen LogP contribution is 2.35. The number of aromatic nitrogens is 1. The van der Waals surface area contributed by atoms with E-state index in [2.05, 4.69) is 10.5 Å². The van der Waals surface area contributed by atoms with E-state index in [4.69, 9.17) is 4.52 Å². The third-order valence-electron chi connectivity index (χ3n) is 4.03. The van der Waals surface area contributed by atoms with Gasteiger partial charge in [0.1, 0.15) is 11.4 Å². The number of piperidine rings is 1. The molecule has 0 saturated carbocycles. The van der Waals surface area contributed by atoms with E-state index < -0.39 is 5.92 Å². The summed E-state index contributed by atoms with van der Waals surface area (Å²) in [7, 11) is 0. The molecule has 3 aromatic rings. The molecule has 0 radical (unpaired) electrons. The topological polar surface area (TPSA) is 92.4 Å². The summed E-state index contributed by atoms with van der Waals surface area (Å²) in [5.74, 6) is -0.935. The first-order chi connectivity index (χ1) is 10.6. The molecule has 0 aliphatic carbocycles. The van der Waals surface area contributed by atoms with Crippen LogP contribution in [0.2, 0.25) is 0 Å². The van der Waals surface area contributed by atoms with Crippen LogP contribution in [-0.2, 0) is 9.59 Å². The number of carbonyl (C=O) groups excluding carboxylic acids is 2. The number of carbonyl (C=O) groups is 2. The highest BCUT2D eigenvalue weighted by molar-refractivity contribution is 6.10. The normalized spacial score (nSPS) is 18.8. The highest BCUT2D eigenvalue weighted by Gasteiger charge is 2.32. The molecule has 2 heterocycles. The molecule has 1 atom stereocenters. The van der Waals surface area contributed by atoms with Crippen molar-refractivity contribution in [2.45, 2.75) is 18.8 Å². The van der Waals surface area contributed by atoms with Crippen LogP contribution >= 0.6 is 0 Å². The van der Waals surface area contributed by atoms with Gasteiger partial charge in [0.25, 0.3) is 0 Å². The second-order valence-electron chi connectivity index (χ2n) is 5.42. The number of nitrogens with one attached hydrogen (secondary N) is 1. The van der Waals surface area contributed by atoms with Gasteiger partial charge in [-0.25, -0.2) is 0 Å². The van der Waals surface area contributed by atoms with Crippen molar-refractivity contribution in [3.63, 3.8) is 0 Å². The van der Waals surface area contributed by atoms with Gasteiger partial charge in [0.05, 0.1) is 11.3 Å². The summed E-state index contributed by atoms with van der Waals surface area (Å²) in [5.41, 5.74) is 1.12. The van der Waals surface area contributed by atoms with Crippen molar-refractivity contribution in [3.8, 4) is 5.75 Å². The zero-order chi connectivity index (χ0) is 15.3. The van der Waals surface area contributed by atoms with Crippen molar-refractivity contribution < 1.29 is 19.2 Å². The lowest BCUT2D eigenvalue weighted by Crippen LogP contribution is -2.39. The zero-order valence-corrected chi connectivity index (χ0v) is 11.5. The van der Waals surface area contributed by atoms with Crippen molar-refractivity contribution >= 4 is 33.6 Å². The Bertz CT molecular complexity index is 928. The Labute approximate surface area is 124 Å². The number of nitrogens with zero attached hydrogens (tertiary/aromatic N) is 1. The molecule has 1 aliphatic heterocycles. The zero-order valence-electron chi connectivity index (χ0n) is 11.5. The Hall–Kier alpha value is -2.89. The van der Waals surface area contributed by atoms with E-state index in [1.54, 1.807) is 24.3 Å². The molecule has 1 saturated heterocycles. The average molecular weight is 296 g/mol. The maximum Gasteiger partial charge on any atom is 0.235 e. The first kappa shape index (κ1) is 12.8. The predicted octanol–water partition coefficient (Wildman–Crippen LogP) is 2.21. The van der Waals surface area contributed by atoms with Gasteiger partial charge >= 0.3 is 0 Å². The van der Waals surface area contributed by atoms with E-state index in [0.717, 1.165) is 16.2 Å². The molecule has 4 rings (SSSR count). The fraction of sp³-hybridized carbons (Fsp3) is 0.188. The Kier molecular flexibility index (Phi) is 2.66. The maximum atomic E-state index is 12.1. The third kappa shape index (κ3) is 1.84. The van der Waals surface area contributed by atoms with E-state index in [1.165, 1.54) is 0 Å². The van der Waals surface area contributed by atoms with Crippen LogP contribution in [0.15, 0.2) is 34.9 Å². The first-order valence-electron chi connectivity index (χ1n) is 6.98. The Balaban J connectivity index is 1.95. The first-order valence-corrected chi connectivity index (χ1v) is 6.98. The lowest BCUT2D eigenvalue weighted by molar-refractivity contribution is -0.134. The molecule has 22 heavy (non-hydrogen) atoms. The molecular weight excluding hydrogens is 284 g/mol. The summed E-state index contributed by atoms with van der Waals surface area (Å²) in [6.45, 7) is 0. The number of hydrogen-bond donors (Lipinski definition) is 2. The Morgan fingerprint density at radius 3 is 2.91 bits per heavy atom. The minimum absolute atomic E-state index is 0.172. The Morgan fingerprint density at radius 1 is 1.23 bits per heavy atom. The Morgan fingerprint density at radius 2 is 2.09 bits per heavy atom. The summed E-state index contributed by atoms with van der Waals surface area (Å²) < 4.78 is 5.34. The second kappa shape index (κ2) is 4.56. The van der Waals surface area contributed by atoms with Crippen LogP contribution in [0.5, 0.6) is 5.75 Å². The largest absolute Gasteiger partial charge is 0.508 e. The molecule has 0 unspecified atom stereocenters. The lowest BCUT2D eigenvalue weighted by atomic mass is 9.91. The van der Waals surface area contributed by atoms with Gasteiger partial charge in [-0.1, -0.05) is 11.2 Å². The van der Waals surface area contributed by atoms with Crippen molar-refractivity contribution in [1.29, 1.82) is 0 Å². The van der Waals surface area contributed by atoms with Gasteiger partial charge in [-0.15, -0.1) is 0 Å². The average Bonchev–Trinajstić information content (AvgIpc) is 2.91. The molecule has 1 aliphatic rings. The molecule has 1 aromatic heterocycles. The SMILES string of the molecule is O=C1CC[C@@H](c2noc3ccc4cc(O)ccc4c23)C(=O)N1. The molecule has 1 fully saturated rings. The summed E-state index contributed by atoms with van der Waals surface area (Å²) in [4.78, 5) is 23.4. The smallest absolute Gasteiger partial charge is 0.235 e. The molecule has 6 heteroatoms. The highest BCUT2D eigenvalue weighted by atomic mass is 16.5. The van der Waals surface area contributed by atoms with E-state index in [9.17, 15) is 14.7 Å². The number of aromatic hydroxyl groups is 1. The molecule has 2 amide bonds. The van der Waals surface area contributed by atoms with E-state index in [1.807, 2.05) is 6.07 Å². The minimum Gasteiger partial charge on any atom is -0.508 e. The van der Waals surface area contributed by atoms with Crippen LogP contribution in [-0.4, -0.2) is 22.1 Å². The van der Waals surface area contributed by atoms with Gasteiger partial charge in [-0.2, -0.15) is 0 Å². The quantitative estimate of drug-likeness (QED) is 0.672. The summed E-state index contributed by atoms with van der Waals surface area (Å²) in [6, 6.07) is 8.61. The number of hydrogen-bond acceptors (Lipinski definition) is 5. The van der Waals surface area contributed by atoms with Crippen LogP contribution in [0.25, 0.3) is 21.7 Å². The fourth-order valence-electron chi connectivity index (χ4n) is 2.97. The summed E-state index contributed by atoms with van der Waals surface area (Å²) in [6.07, 6.45) is 0.705. The van der Waals surface area contributed by atoms with Crippen LogP contribution in [0.3, 0.4) is 0 Å². The fourth-order valence-corrected chi connectivity index (χ4v) is 2.97. The predicted molar refractivity (Wildman–Crippen MR) is 78.3 cm³/mol. The summed E-state index contributed by atoms with van der Waals surface area (Å²) >= 11 is 0. The van der Waals surface area contributed by atoms with Gasteiger partial charge < -0.3 is 9.63 Å². The van der Waals surface area contributed by atoms with Crippen LogP contribution < -0.4 is 5.32 Å². The summed E-state index contributed by atoms with van der Waals surface area (Å²) in [5, 5.41) is 18.5. The number of rotatable bonds is 1. The molecule has 2 aromatic carbocycles. The van der Waals surface area contributed by atoms with Crippen molar-refractivity contribution in [2.75, 3.05) is 0 Å². The van der Waals surface area contributed by atoms with Crippen LogP contribution in [0.4, 0.5) is 0 Å². The van der Waals surface area contributed by atoms with Crippen LogP contribution in [0, 0.1) is 0 Å². The van der Waals surface area contributed by atoms with E-state index in [0.29, 0.717) is 17.7 Å². The number of amides is 2.